The Hall–Kier alpha value is -2.35. The number of rotatable bonds is 4. The molecule has 3 heterocycles. The Morgan fingerprint density at radius 3 is 3.00 bits per heavy atom. The van der Waals surface area contributed by atoms with Crippen molar-refractivity contribution in [3.8, 4) is 0 Å². The summed E-state index contributed by atoms with van der Waals surface area (Å²) in [5, 5.41) is 8.51. The van der Waals surface area contributed by atoms with Crippen molar-refractivity contribution < 1.29 is 4.79 Å². The molecule has 136 valence electrons. The van der Waals surface area contributed by atoms with E-state index in [4.69, 9.17) is 4.98 Å². The molecule has 1 amide bonds. The van der Waals surface area contributed by atoms with Gasteiger partial charge >= 0.3 is 0 Å². The number of hydrogen-bond acceptors (Lipinski definition) is 5. The van der Waals surface area contributed by atoms with Crippen LogP contribution in [0.15, 0.2) is 35.7 Å². The zero-order chi connectivity index (χ0) is 18.1. The van der Waals surface area contributed by atoms with E-state index in [-0.39, 0.29) is 17.1 Å². The maximum Gasteiger partial charge on any atom is 0.235 e. The summed E-state index contributed by atoms with van der Waals surface area (Å²) in [6, 6.07) is 8.05. The predicted octanol–water partition coefficient (Wildman–Crippen LogP) is 2.58. The van der Waals surface area contributed by atoms with Crippen molar-refractivity contribution in [3.05, 3.63) is 36.4 Å². The predicted molar refractivity (Wildman–Crippen MR) is 101 cm³/mol. The van der Waals surface area contributed by atoms with Gasteiger partial charge < -0.3 is 14.5 Å². The summed E-state index contributed by atoms with van der Waals surface area (Å²) < 4.78 is 1.84. The van der Waals surface area contributed by atoms with Gasteiger partial charge in [0.15, 0.2) is 5.16 Å². The van der Waals surface area contributed by atoms with Crippen LogP contribution in [0, 0.1) is 0 Å². The van der Waals surface area contributed by atoms with Crippen molar-refractivity contribution >= 4 is 28.7 Å². The largest absolute Gasteiger partial charge is 0.342 e. The summed E-state index contributed by atoms with van der Waals surface area (Å²) in [6.07, 6.45) is 3.70. The fraction of sp³-hybridized carbons (Fsp3) is 0.444. The molecular formula is C18H22N6OS. The molecule has 0 radical (unpaired) electrons. The van der Waals surface area contributed by atoms with E-state index in [1.165, 1.54) is 11.8 Å². The van der Waals surface area contributed by atoms with Crippen LogP contribution in [0.1, 0.15) is 31.5 Å². The highest BCUT2D eigenvalue weighted by Crippen LogP contribution is 2.29. The van der Waals surface area contributed by atoms with Crippen molar-refractivity contribution in [1.29, 1.82) is 0 Å². The van der Waals surface area contributed by atoms with E-state index in [0.717, 1.165) is 41.4 Å². The minimum atomic E-state index is -0.188. The van der Waals surface area contributed by atoms with Gasteiger partial charge in [0.2, 0.25) is 5.91 Å². The first-order valence-corrected chi connectivity index (χ1v) is 9.74. The van der Waals surface area contributed by atoms with E-state index in [1.807, 2.05) is 47.7 Å². The average Bonchev–Trinajstić information content (AvgIpc) is 3.27. The molecule has 0 spiro atoms. The molecule has 26 heavy (non-hydrogen) atoms. The van der Waals surface area contributed by atoms with Crippen molar-refractivity contribution in [3.63, 3.8) is 0 Å². The SMILES string of the molecule is C[C@H](Sc1nncn1C)C(=O)N1CCC[C@H](c2nc3ccccc3[nH]2)C1. The van der Waals surface area contributed by atoms with Gasteiger partial charge in [-0.2, -0.15) is 0 Å². The number of piperidine rings is 1. The molecule has 1 aromatic carbocycles. The van der Waals surface area contributed by atoms with Crippen LogP contribution in [0.2, 0.25) is 0 Å². The zero-order valence-electron chi connectivity index (χ0n) is 14.9. The number of benzene rings is 1. The molecule has 0 bridgehead atoms. The molecule has 8 heteroatoms. The van der Waals surface area contributed by atoms with Gasteiger partial charge in [-0.05, 0) is 31.9 Å². The van der Waals surface area contributed by atoms with E-state index in [9.17, 15) is 4.79 Å². The number of amides is 1. The van der Waals surface area contributed by atoms with Crippen molar-refractivity contribution in [2.75, 3.05) is 13.1 Å². The van der Waals surface area contributed by atoms with Crippen molar-refractivity contribution in [2.45, 2.75) is 36.1 Å². The van der Waals surface area contributed by atoms with Gasteiger partial charge in [-0.15, -0.1) is 10.2 Å². The second-order valence-corrected chi connectivity index (χ2v) is 8.06. The number of hydrogen-bond donors (Lipinski definition) is 1. The Morgan fingerprint density at radius 1 is 1.38 bits per heavy atom. The Balaban J connectivity index is 1.45. The molecule has 1 fully saturated rings. The number of aryl methyl sites for hydroxylation is 1. The summed E-state index contributed by atoms with van der Waals surface area (Å²) in [4.78, 5) is 23.0. The fourth-order valence-corrected chi connectivity index (χ4v) is 4.29. The Morgan fingerprint density at radius 2 is 2.23 bits per heavy atom. The van der Waals surface area contributed by atoms with Crippen LogP contribution in [-0.4, -0.2) is 53.9 Å². The summed E-state index contributed by atoms with van der Waals surface area (Å²) in [5.41, 5.74) is 2.04. The molecule has 3 aromatic rings. The van der Waals surface area contributed by atoms with Gasteiger partial charge in [0.05, 0.1) is 16.3 Å². The molecule has 7 nitrogen and oxygen atoms in total. The number of para-hydroxylation sites is 2. The summed E-state index contributed by atoms with van der Waals surface area (Å²) in [6.45, 7) is 3.45. The van der Waals surface area contributed by atoms with Crippen LogP contribution in [0.25, 0.3) is 11.0 Å². The third-order valence-corrected chi connectivity index (χ3v) is 5.96. The molecule has 1 aliphatic heterocycles. The number of thioether (sulfide) groups is 1. The van der Waals surface area contributed by atoms with Crippen molar-refractivity contribution in [1.82, 2.24) is 29.6 Å². The van der Waals surface area contributed by atoms with E-state index in [0.29, 0.717) is 6.54 Å². The standard InChI is InChI=1S/C18H22N6OS/c1-12(26-18-22-19-11-23(18)2)17(25)24-9-5-6-13(10-24)16-20-14-7-3-4-8-15(14)21-16/h3-4,7-8,11-13H,5-6,9-10H2,1-2H3,(H,20,21)/t12-,13-/m0/s1. The number of H-pyrrole nitrogens is 1. The Labute approximate surface area is 156 Å². The van der Waals surface area contributed by atoms with Gasteiger partial charge in [0, 0.05) is 26.1 Å². The van der Waals surface area contributed by atoms with Gasteiger partial charge in [-0.3, -0.25) is 4.79 Å². The molecule has 2 aromatic heterocycles. The molecule has 1 saturated heterocycles. The highest BCUT2D eigenvalue weighted by Gasteiger charge is 2.30. The number of nitrogens with zero attached hydrogens (tertiary/aromatic N) is 5. The molecule has 2 atom stereocenters. The molecule has 1 aliphatic rings. The highest BCUT2D eigenvalue weighted by atomic mass is 32.2. The van der Waals surface area contributed by atoms with E-state index in [2.05, 4.69) is 15.2 Å². The lowest BCUT2D eigenvalue weighted by molar-refractivity contribution is -0.131. The lowest BCUT2D eigenvalue weighted by atomic mass is 9.97. The fourth-order valence-electron chi connectivity index (χ4n) is 3.41. The van der Waals surface area contributed by atoms with Gasteiger partial charge in [-0.1, -0.05) is 23.9 Å². The third-order valence-electron chi connectivity index (χ3n) is 4.83. The first-order valence-electron chi connectivity index (χ1n) is 8.86. The van der Waals surface area contributed by atoms with Crippen molar-refractivity contribution in [2.24, 2.45) is 7.05 Å². The summed E-state index contributed by atoms with van der Waals surface area (Å²) in [7, 11) is 1.89. The number of aromatic amines is 1. The maximum absolute atomic E-state index is 12.9. The topological polar surface area (TPSA) is 79.7 Å². The number of imidazole rings is 1. The lowest BCUT2D eigenvalue weighted by Gasteiger charge is -2.33. The molecule has 0 saturated carbocycles. The van der Waals surface area contributed by atoms with Crippen LogP contribution in [0.4, 0.5) is 0 Å². The number of carbonyl (C=O) groups excluding carboxylic acids is 1. The van der Waals surface area contributed by atoms with Gasteiger partial charge in [0.1, 0.15) is 12.2 Å². The van der Waals surface area contributed by atoms with Gasteiger partial charge in [-0.25, -0.2) is 4.98 Å². The first-order chi connectivity index (χ1) is 12.6. The minimum absolute atomic E-state index is 0.152. The molecule has 1 N–H and O–H groups in total. The van der Waals surface area contributed by atoms with E-state index in [1.54, 1.807) is 6.33 Å². The monoisotopic (exact) mass is 370 g/mol. The number of likely N-dealkylation sites (tertiary alicyclic amines) is 1. The van der Waals surface area contributed by atoms with Crippen LogP contribution in [0.5, 0.6) is 0 Å². The van der Waals surface area contributed by atoms with Crippen LogP contribution < -0.4 is 0 Å². The van der Waals surface area contributed by atoms with E-state index < -0.39 is 0 Å². The minimum Gasteiger partial charge on any atom is -0.342 e. The van der Waals surface area contributed by atoms with Crippen LogP contribution >= 0.6 is 11.8 Å². The number of carbonyl (C=O) groups is 1. The van der Waals surface area contributed by atoms with E-state index >= 15 is 0 Å². The average molecular weight is 370 g/mol. The third kappa shape index (κ3) is 3.33. The maximum atomic E-state index is 12.9. The van der Waals surface area contributed by atoms with Crippen LogP contribution in [0.3, 0.4) is 0 Å². The molecule has 0 unspecified atom stereocenters. The molecule has 4 rings (SSSR count). The normalized spacial score (nSPS) is 19.0. The highest BCUT2D eigenvalue weighted by molar-refractivity contribution is 8.00. The number of nitrogens with one attached hydrogen (secondary N) is 1. The molecule has 0 aliphatic carbocycles. The summed E-state index contributed by atoms with van der Waals surface area (Å²) >= 11 is 1.45. The quantitative estimate of drug-likeness (QED) is 0.714. The van der Waals surface area contributed by atoms with Crippen LogP contribution in [-0.2, 0) is 11.8 Å². The number of aromatic nitrogens is 5. The first kappa shape index (κ1) is 17.1. The second kappa shape index (κ2) is 7.11. The zero-order valence-corrected chi connectivity index (χ0v) is 15.7. The lowest BCUT2D eigenvalue weighted by Crippen LogP contribution is -2.43. The smallest absolute Gasteiger partial charge is 0.235 e. The van der Waals surface area contributed by atoms with Gasteiger partial charge in [0.25, 0.3) is 0 Å². The number of fused-ring (bicyclic) bond motifs is 1. The Kier molecular flexibility index (Phi) is 4.67. The second-order valence-electron chi connectivity index (χ2n) is 6.75. The molecular weight excluding hydrogens is 348 g/mol. The Bertz CT molecular complexity index is 886. The summed E-state index contributed by atoms with van der Waals surface area (Å²) in [5.74, 6) is 1.39.